The Balaban J connectivity index is 2.14. The Morgan fingerprint density at radius 3 is 2.15 bits per heavy atom. The summed E-state index contributed by atoms with van der Waals surface area (Å²) in [5.74, 6) is -0.237. The number of hydrogen-bond donors (Lipinski definition) is 2. The van der Waals surface area contributed by atoms with Crippen LogP contribution in [0.2, 0.25) is 0 Å². The zero-order chi connectivity index (χ0) is 19.5. The minimum absolute atomic E-state index is 0.144. The van der Waals surface area contributed by atoms with Gasteiger partial charge in [0.1, 0.15) is 0 Å². The van der Waals surface area contributed by atoms with E-state index in [2.05, 4.69) is 16.1 Å². The molecule has 1 unspecified atom stereocenters. The molecule has 0 aromatic heterocycles. The van der Waals surface area contributed by atoms with Crippen LogP contribution in [-0.4, -0.2) is 20.4 Å². The SMILES string of the molecule is Cc1ccc(C)c(C(C)NC(=O)c2ccc(S(=O)(=O)NC(C)C)cc2)c1. The maximum atomic E-state index is 12.5. The first-order valence-electron chi connectivity index (χ1n) is 8.60. The summed E-state index contributed by atoms with van der Waals surface area (Å²) in [7, 11) is -3.56. The third kappa shape index (κ3) is 4.93. The molecule has 26 heavy (non-hydrogen) atoms. The largest absolute Gasteiger partial charge is 0.346 e. The number of carbonyl (C=O) groups is 1. The van der Waals surface area contributed by atoms with Crippen molar-refractivity contribution in [2.75, 3.05) is 0 Å². The lowest BCUT2D eigenvalue weighted by atomic mass is 10.00. The normalized spacial score (nSPS) is 12.8. The minimum Gasteiger partial charge on any atom is -0.346 e. The van der Waals surface area contributed by atoms with E-state index in [1.807, 2.05) is 32.9 Å². The summed E-state index contributed by atoms with van der Waals surface area (Å²) in [6.45, 7) is 9.48. The summed E-state index contributed by atoms with van der Waals surface area (Å²) in [4.78, 5) is 12.6. The van der Waals surface area contributed by atoms with Crippen LogP contribution in [0.5, 0.6) is 0 Å². The van der Waals surface area contributed by atoms with Crippen molar-refractivity contribution in [1.29, 1.82) is 0 Å². The zero-order valence-corrected chi connectivity index (χ0v) is 16.6. The molecule has 0 saturated heterocycles. The monoisotopic (exact) mass is 374 g/mol. The summed E-state index contributed by atoms with van der Waals surface area (Å²) in [5, 5.41) is 2.97. The number of amides is 1. The first-order chi connectivity index (χ1) is 12.1. The van der Waals surface area contributed by atoms with Gasteiger partial charge in [-0.3, -0.25) is 4.79 Å². The van der Waals surface area contributed by atoms with Gasteiger partial charge in [0.15, 0.2) is 0 Å². The second-order valence-corrected chi connectivity index (χ2v) is 8.57. The van der Waals surface area contributed by atoms with Gasteiger partial charge in [-0.15, -0.1) is 0 Å². The summed E-state index contributed by atoms with van der Waals surface area (Å²) in [6.07, 6.45) is 0. The van der Waals surface area contributed by atoms with Crippen LogP contribution in [0.1, 0.15) is 53.9 Å². The van der Waals surface area contributed by atoms with Crippen molar-refractivity contribution in [3.05, 3.63) is 64.7 Å². The van der Waals surface area contributed by atoms with Gasteiger partial charge in [0.2, 0.25) is 10.0 Å². The maximum absolute atomic E-state index is 12.5. The molecule has 0 aliphatic heterocycles. The number of carbonyl (C=O) groups excluding carboxylic acids is 1. The highest BCUT2D eigenvalue weighted by Gasteiger charge is 2.17. The van der Waals surface area contributed by atoms with Gasteiger partial charge in [0.05, 0.1) is 10.9 Å². The number of aryl methyl sites for hydroxylation is 2. The molecule has 0 heterocycles. The van der Waals surface area contributed by atoms with Crippen molar-refractivity contribution in [2.24, 2.45) is 0 Å². The van der Waals surface area contributed by atoms with Crippen molar-refractivity contribution in [3.63, 3.8) is 0 Å². The van der Waals surface area contributed by atoms with Crippen LogP contribution in [-0.2, 0) is 10.0 Å². The number of sulfonamides is 1. The third-order valence-corrected chi connectivity index (χ3v) is 5.74. The van der Waals surface area contributed by atoms with Gasteiger partial charge in [-0.25, -0.2) is 13.1 Å². The van der Waals surface area contributed by atoms with Gasteiger partial charge in [0.25, 0.3) is 5.91 Å². The van der Waals surface area contributed by atoms with E-state index < -0.39 is 10.0 Å². The van der Waals surface area contributed by atoms with Gasteiger partial charge in [0, 0.05) is 11.6 Å². The van der Waals surface area contributed by atoms with E-state index in [0.717, 1.165) is 16.7 Å². The fourth-order valence-electron chi connectivity index (χ4n) is 2.75. The van der Waals surface area contributed by atoms with Crippen molar-refractivity contribution in [2.45, 2.75) is 51.6 Å². The molecule has 0 aliphatic rings. The van der Waals surface area contributed by atoms with E-state index >= 15 is 0 Å². The molecular formula is C20H26N2O3S. The summed E-state index contributed by atoms with van der Waals surface area (Å²) in [6, 6.07) is 11.7. The molecule has 2 N–H and O–H groups in total. The fraction of sp³-hybridized carbons (Fsp3) is 0.350. The quantitative estimate of drug-likeness (QED) is 0.813. The van der Waals surface area contributed by atoms with E-state index in [4.69, 9.17) is 0 Å². The molecule has 0 fully saturated rings. The second kappa shape index (κ2) is 8.01. The minimum atomic E-state index is -3.56. The van der Waals surface area contributed by atoms with Gasteiger partial charge in [-0.1, -0.05) is 23.8 Å². The van der Waals surface area contributed by atoms with Gasteiger partial charge < -0.3 is 5.32 Å². The zero-order valence-electron chi connectivity index (χ0n) is 15.8. The van der Waals surface area contributed by atoms with Crippen LogP contribution in [0, 0.1) is 13.8 Å². The molecule has 0 radical (unpaired) electrons. The molecule has 1 atom stereocenters. The summed E-state index contributed by atoms with van der Waals surface area (Å²) in [5.41, 5.74) is 3.74. The van der Waals surface area contributed by atoms with E-state index in [-0.39, 0.29) is 22.9 Å². The topological polar surface area (TPSA) is 75.3 Å². The van der Waals surface area contributed by atoms with E-state index in [9.17, 15) is 13.2 Å². The molecule has 0 aliphatic carbocycles. The van der Waals surface area contributed by atoms with Crippen molar-refractivity contribution >= 4 is 15.9 Å². The van der Waals surface area contributed by atoms with E-state index in [1.165, 1.54) is 24.3 Å². The highest BCUT2D eigenvalue weighted by atomic mass is 32.2. The Labute approximate surface area is 155 Å². The Bertz CT molecular complexity index is 888. The first-order valence-corrected chi connectivity index (χ1v) is 10.1. The number of hydrogen-bond acceptors (Lipinski definition) is 3. The lowest BCUT2D eigenvalue weighted by molar-refractivity contribution is 0.0939. The standard InChI is InChI=1S/C20H26N2O3S/c1-13(2)22-26(24,25)18-10-8-17(9-11-18)20(23)21-16(5)19-12-14(3)6-7-15(19)4/h6-13,16,22H,1-5H3,(H,21,23). The molecule has 5 nitrogen and oxygen atoms in total. The number of nitrogens with one attached hydrogen (secondary N) is 2. The van der Waals surface area contributed by atoms with E-state index in [0.29, 0.717) is 5.56 Å². The molecule has 6 heteroatoms. The molecule has 0 bridgehead atoms. The van der Waals surface area contributed by atoms with Gasteiger partial charge in [-0.2, -0.15) is 0 Å². The highest BCUT2D eigenvalue weighted by molar-refractivity contribution is 7.89. The number of benzene rings is 2. The lowest BCUT2D eigenvalue weighted by Crippen LogP contribution is -2.30. The smallest absolute Gasteiger partial charge is 0.251 e. The molecule has 0 saturated carbocycles. The van der Waals surface area contributed by atoms with Crippen LogP contribution in [0.25, 0.3) is 0 Å². The molecular weight excluding hydrogens is 348 g/mol. The van der Waals surface area contributed by atoms with Crippen LogP contribution in [0.15, 0.2) is 47.4 Å². The summed E-state index contributed by atoms with van der Waals surface area (Å²) < 4.78 is 26.8. The maximum Gasteiger partial charge on any atom is 0.251 e. The van der Waals surface area contributed by atoms with Gasteiger partial charge >= 0.3 is 0 Å². The molecule has 2 aromatic rings. The summed E-state index contributed by atoms with van der Waals surface area (Å²) >= 11 is 0. The Kier molecular flexibility index (Phi) is 6.21. The highest BCUT2D eigenvalue weighted by Crippen LogP contribution is 2.20. The van der Waals surface area contributed by atoms with Crippen LogP contribution >= 0.6 is 0 Å². The Morgan fingerprint density at radius 2 is 1.58 bits per heavy atom. The molecule has 2 aromatic carbocycles. The lowest BCUT2D eigenvalue weighted by Gasteiger charge is -2.17. The van der Waals surface area contributed by atoms with Crippen LogP contribution < -0.4 is 10.0 Å². The average molecular weight is 375 g/mol. The first kappa shape index (κ1) is 20.1. The molecule has 1 amide bonds. The van der Waals surface area contributed by atoms with Crippen molar-refractivity contribution in [3.8, 4) is 0 Å². The van der Waals surface area contributed by atoms with Gasteiger partial charge in [-0.05, 0) is 70.0 Å². The van der Waals surface area contributed by atoms with Crippen molar-refractivity contribution in [1.82, 2.24) is 10.0 Å². The second-order valence-electron chi connectivity index (χ2n) is 6.86. The third-order valence-electron chi connectivity index (χ3n) is 4.07. The molecule has 140 valence electrons. The van der Waals surface area contributed by atoms with Crippen LogP contribution in [0.4, 0.5) is 0 Å². The fourth-order valence-corrected chi connectivity index (χ4v) is 4.00. The van der Waals surface area contributed by atoms with Crippen LogP contribution in [0.3, 0.4) is 0 Å². The Hall–Kier alpha value is -2.18. The molecule has 0 spiro atoms. The van der Waals surface area contributed by atoms with Crippen molar-refractivity contribution < 1.29 is 13.2 Å². The predicted octanol–water partition coefficient (Wildman–Crippen LogP) is 3.48. The Morgan fingerprint density at radius 1 is 0.962 bits per heavy atom. The predicted molar refractivity (Wildman–Crippen MR) is 104 cm³/mol. The average Bonchev–Trinajstić information content (AvgIpc) is 2.56. The molecule has 2 rings (SSSR count). The number of rotatable bonds is 6. The van der Waals surface area contributed by atoms with E-state index in [1.54, 1.807) is 13.8 Å².